The van der Waals surface area contributed by atoms with Gasteiger partial charge in [0.1, 0.15) is 5.54 Å². The van der Waals surface area contributed by atoms with E-state index in [-0.39, 0.29) is 29.8 Å². The molecule has 1 saturated heterocycles. The zero-order chi connectivity index (χ0) is 17.2. The molecule has 124 valence electrons. The van der Waals surface area contributed by atoms with Gasteiger partial charge < -0.3 is 10.1 Å². The molecule has 23 heavy (non-hydrogen) atoms. The first kappa shape index (κ1) is 16.9. The summed E-state index contributed by atoms with van der Waals surface area (Å²) in [6, 6.07) is 2.61. The summed E-state index contributed by atoms with van der Waals surface area (Å²) >= 11 is 0. The van der Waals surface area contributed by atoms with Crippen molar-refractivity contribution in [1.29, 1.82) is 0 Å². The average molecular weight is 319 g/mol. The molecule has 0 radical (unpaired) electrons. The highest BCUT2D eigenvalue weighted by atomic mass is 16.5. The van der Waals surface area contributed by atoms with Crippen LogP contribution < -0.4 is 10.1 Å². The first-order valence-corrected chi connectivity index (χ1v) is 7.45. The molecule has 0 bridgehead atoms. The van der Waals surface area contributed by atoms with Gasteiger partial charge in [-0.2, -0.15) is 0 Å². The van der Waals surface area contributed by atoms with E-state index in [2.05, 4.69) is 10.3 Å². The van der Waals surface area contributed by atoms with Gasteiger partial charge in [-0.05, 0) is 31.4 Å². The maximum Gasteiger partial charge on any atom is 0.325 e. The van der Waals surface area contributed by atoms with Gasteiger partial charge in [0.05, 0.1) is 19.2 Å². The third kappa shape index (κ3) is 3.33. The Morgan fingerprint density at radius 3 is 2.74 bits per heavy atom. The molecule has 0 saturated carbocycles. The smallest absolute Gasteiger partial charge is 0.325 e. The zero-order valence-corrected chi connectivity index (χ0v) is 13.8. The molecule has 1 aliphatic rings. The van der Waals surface area contributed by atoms with Crippen LogP contribution in [0, 0.1) is 5.92 Å². The SMILES string of the molecule is COc1ncccc1C(=O)CN1C(=O)N[C@](C)(CC(C)C)C1=O. The third-order valence-corrected chi connectivity index (χ3v) is 3.73. The molecular weight excluding hydrogens is 298 g/mol. The Kier molecular flexibility index (Phi) is 4.68. The number of nitrogens with zero attached hydrogens (tertiary/aromatic N) is 2. The summed E-state index contributed by atoms with van der Waals surface area (Å²) in [7, 11) is 1.41. The fourth-order valence-electron chi connectivity index (χ4n) is 2.84. The van der Waals surface area contributed by atoms with Crippen LogP contribution in [0.15, 0.2) is 18.3 Å². The number of ketones is 1. The van der Waals surface area contributed by atoms with Gasteiger partial charge in [-0.3, -0.25) is 14.5 Å². The molecule has 7 nitrogen and oxygen atoms in total. The fourth-order valence-corrected chi connectivity index (χ4v) is 2.84. The van der Waals surface area contributed by atoms with E-state index in [9.17, 15) is 14.4 Å². The number of imide groups is 1. The minimum absolute atomic E-state index is 0.175. The van der Waals surface area contributed by atoms with Crippen molar-refractivity contribution in [2.75, 3.05) is 13.7 Å². The lowest BCUT2D eigenvalue weighted by Gasteiger charge is -2.23. The van der Waals surface area contributed by atoms with E-state index in [1.54, 1.807) is 19.1 Å². The molecule has 3 amide bonds. The number of carbonyl (C=O) groups excluding carboxylic acids is 3. The highest BCUT2D eigenvalue weighted by Crippen LogP contribution is 2.25. The van der Waals surface area contributed by atoms with Gasteiger partial charge in [0.25, 0.3) is 5.91 Å². The largest absolute Gasteiger partial charge is 0.480 e. The van der Waals surface area contributed by atoms with Crippen molar-refractivity contribution in [3.63, 3.8) is 0 Å². The van der Waals surface area contributed by atoms with Crippen LogP contribution in [0.5, 0.6) is 5.88 Å². The molecule has 1 aromatic heterocycles. The Morgan fingerprint density at radius 2 is 2.13 bits per heavy atom. The number of urea groups is 1. The fraction of sp³-hybridized carbons (Fsp3) is 0.500. The normalized spacial score (nSPS) is 20.8. The van der Waals surface area contributed by atoms with Crippen molar-refractivity contribution in [2.45, 2.75) is 32.7 Å². The summed E-state index contributed by atoms with van der Waals surface area (Å²) in [6.45, 7) is 5.29. The summed E-state index contributed by atoms with van der Waals surface area (Å²) in [4.78, 5) is 42.0. The predicted octanol–water partition coefficient (Wildman–Crippen LogP) is 1.63. The van der Waals surface area contributed by atoms with Crippen LogP contribution in [0.25, 0.3) is 0 Å². The summed E-state index contributed by atoms with van der Waals surface area (Å²) in [5, 5.41) is 2.69. The summed E-state index contributed by atoms with van der Waals surface area (Å²) in [5.74, 6) is -0.368. The van der Waals surface area contributed by atoms with Crippen molar-refractivity contribution in [2.24, 2.45) is 5.92 Å². The minimum Gasteiger partial charge on any atom is -0.480 e. The van der Waals surface area contributed by atoms with Gasteiger partial charge in [0.15, 0.2) is 5.78 Å². The lowest BCUT2D eigenvalue weighted by atomic mass is 9.91. The van der Waals surface area contributed by atoms with Crippen LogP contribution in [-0.2, 0) is 4.79 Å². The number of amides is 3. The number of hydrogen-bond acceptors (Lipinski definition) is 5. The molecule has 0 aliphatic carbocycles. The predicted molar refractivity (Wildman–Crippen MR) is 83.2 cm³/mol. The standard InChI is InChI=1S/C16H21N3O4/c1-10(2)8-16(3)14(21)19(15(22)18-16)9-12(20)11-6-5-7-17-13(11)23-4/h5-7,10H,8-9H2,1-4H3,(H,18,22)/t16-/m1/s1. The van der Waals surface area contributed by atoms with E-state index in [4.69, 9.17) is 4.74 Å². The number of methoxy groups -OCH3 is 1. The van der Waals surface area contributed by atoms with E-state index >= 15 is 0 Å². The number of ether oxygens (including phenoxy) is 1. The number of pyridine rings is 1. The van der Waals surface area contributed by atoms with Crippen LogP contribution in [0.3, 0.4) is 0 Å². The van der Waals surface area contributed by atoms with Crippen molar-refractivity contribution in [3.05, 3.63) is 23.9 Å². The number of aromatic nitrogens is 1. The molecule has 1 aromatic rings. The van der Waals surface area contributed by atoms with Gasteiger partial charge in [-0.25, -0.2) is 9.78 Å². The number of carbonyl (C=O) groups is 3. The van der Waals surface area contributed by atoms with Crippen LogP contribution in [0.1, 0.15) is 37.6 Å². The van der Waals surface area contributed by atoms with Gasteiger partial charge in [-0.1, -0.05) is 13.8 Å². The molecule has 0 spiro atoms. The van der Waals surface area contributed by atoms with E-state index in [0.29, 0.717) is 6.42 Å². The van der Waals surface area contributed by atoms with Crippen molar-refractivity contribution >= 4 is 17.7 Å². The van der Waals surface area contributed by atoms with Gasteiger partial charge in [0.2, 0.25) is 5.88 Å². The molecule has 1 N–H and O–H groups in total. The van der Waals surface area contributed by atoms with Crippen LogP contribution in [0.2, 0.25) is 0 Å². The molecule has 1 fully saturated rings. The second-order valence-electron chi connectivity index (χ2n) is 6.23. The van der Waals surface area contributed by atoms with E-state index in [0.717, 1.165) is 4.90 Å². The molecule has 2 heterocycles. The lowest BCUT2D eigenvalue weighted by molar-refractivity contribution is -0.131. The average Bonchev–Trinajstić information content (AvgIpc) is 2.69. The quantitative estimate of drug-likeness (QED) is 0.636. The molecular formula is C16H21N3O4. The van der Waals surface area contributed by atoms with Crippen LogP contribution >= 0.6 is 0 Å². The summed E-state index contributed by atoms with van der Waals surface area (Å²) < 4.78 is 5.04. The van der Waals surface area contributed by atoms with Gasteiger partial charge >= 0.3 is 6.03 Å². The summed E-state index contributed by atoms with van der Waals surface area (Å²) in [5.41, 5.74) is -0.724. The van der Waals surface area contributed by atoms with Gasteiger partial charge in [0, 0.05) is 6.20 Å². The highest BCUT2D eigenvalue weighted by Gasteiger charge is 2.48. The Bertz CT molecular complexity index is 644. The molecule has 2 rings (SSSR count). The van der Waals surface area contributed by atoms with E-state index < -0.39 is 17.4 Å². The van der Waals surface area contributed by atoms with E-state index in [1.165, 1.54) is 13.3 Å². The molecule has 0 aromatic carbocycles. The summed E-state index contributed by atoms with van der Waals surface area (Å²) in [6.07, 6.45) is 2.02. The number of Topliss-reactive ketones (excluding diaryl/α,β-unsaturated/α-hetero) is 1. The monoisotopic (exact) mass is 319 g/mol. The van der Waals surface area contributed by atoms with Gasteiger partial charge in [-0.15, -0.1) is 0 Å². The van der Waals surface area contributed by atoms with Crippen LogP contribution in [0.4, 0.5) is 4.79 Å². The Labute approximate surface area is 135 Å². The molecule has 0 unspecified atom stereocenters. The topological polar surface area (TPSA) is 88.6 Å². The lowest BCUT2D eigenvalue weighted by Crippen LogP contribution is -2.45. The number of hydrogen-bond donors (Lipinski definition) is 1. The first-order valence-electron chi connectivity index (χ1n) is 7.45. The first-order chi connectivity index (χ1) is 10.8. The second kappa shape index (κ2) is 6.36. The number of rotatable bonds is 6. The molecule has 7 heteroatoms. The maximum atomic E-state index is 12.5. The second-order valence-corrected chi connectivity index (χ2v) is 6.23. The Morgan fingerprint density at radius 1 is 1.43 bits per heavy atom. The molecule has 1 aliphatic heterocycles. The maximum absolute atomic E-state index is 12.5. The Hall–Kier alpha value is -2.44. The zero-order valence-electron chi connectivity index (χ0n) is 13.8. The van der Waals surface area contributed by atoms with Crippen molar-refractivity contribution in [1.82, 2.24) is 15.2 Å². The number of nitrogens with one attached hydrogen (secondary N) is 1. The molecule has 1 atom stereocenters. The van der Waals surface area contributed by atoms with Crippen molar-refractivity contribution < 1.29 is 19.1 Å². The third-order valence-electron chi connectivity index (χ3n) is 3.73. The van der Waals surface area contributed by atoms with E-state index in [1.807, 2.05) is 13.8 Å². The highest BCUT2D eigenvalue weighted by molar-refractivity contribution is 6.11. The van der Waals surface area contributed by atoms with Crippen LogP contribution in [-0.4, -0.2) is 46.8 Å². The minimum atomic E-state index is -0.968. The van der Waals surface area contributed by atoms with Crippen molar-refractivity contribution in [3.8, 4) is 5.88 Å². The Balaban J connectivity index is 2.18.